The molecule has 0 bridgehead atoms. The van der Waals surface area contributed by atoms with Crippen LogP contribution in [0.15, 0.2) is 0 Å². The number of hydrogen-bond donors (Lipinski definition) is 2. The van der Waals surface area contributed by atoms with Crippen LogP contribution < -0.4 is 0 Å². The second kappa shape index (κ2) is 3.96. The van der Waals surface area contributed by atoms with E-state index in [1.165, 1.54) is 12.8 Å². The SMILES string of the molecule is CC1(C)CCC[C@]2(C)[C@@H]1CC[C@](C)(O)[C@@H]2CO. The molecule has 100 valence electrons. The lowest BCUT2D eigenvalue weighted by Crippen LogP contribution is -2.58. The minimum absolute atomic E-state index is 0.0355. The van der Waals surface area contributed by atoms with E-state index >= 15 is 0 Å². The van der Waals surface area contributed by atoms with Crippen molar-refractivity contribution in [3.63, 3.8) is 0 Å². The third-order valence-corrected chi connectivity index (χ3v) is 5.94. The summed E-state index contributed by atoms with van der Waals surface area (Å²) in [6, 6.07) is 0. The summed E-state index contributed by atoms with van der Waals surface area (Å²) < 4.78 is 0. The van der Waals surface area contributed by atoms with Crippen LogP contribution >= 0.6 is 0 Å². The van der Waals surface area contributed by atoms with E-state index in [-0.39, 0.29) is 17.9 Å². The summed E-state index contributed by atoms with van der Waals surface area (Å²) in [5.74, 6) is 0.675. The zero-order valence-electron chi connectivity index (χ0n) is 11.8. The maximum Gasteiger partial charge on any atom is 0.0675 e. The molecule has 0 heterocycles. The van der Waals surface area contributed by atoms with Gasteiger partial charge in [0.15, 0.2) is 0 Å². The first-order valence-electron chi connectivity index (χ1n) is 7.07. The van der Waals surface area contributed by atoms with E-state index in [9.17, 15) is 10.2 Å². The number of hydrogen-bond acceptors (Lipinski definition) is 2. The first kappa shape index (κ1) is 13.4. The molecule has 2 aliphatic rings. The molecule has 2 N–H and O–H groups in total. The van der Waals surface area contributed by atoms with Crippen molar-refractivity contribution in [1.29, 1.82) is 0 Å². The summed E-state index contributed by atoms with van der Waals surface area (Å²) in [4.78, 5) is 0. The van der Waals surface area contributed by atoms with Crippen LogP contribution in [0.1, 0.15) is 59.8 Å². The molecule has 0 aromatic rings. The van der Waals surface area contributed by atoms with Crippen molar-refractivity contribution in [2.75, 3.05) is 6.61 Å². The largest absolute Gasteiger partial charge is 0.396 e. The highest BCUT2D eigenvalue weighted by Gasteiger charge is 2.57. The first-order valence-corrected chi connectivity index (χ1v) is 7.07. The Morgan fingerprint density at radius 3 is 2.29 bits per heavy atom. The Morgan fingerprint density at radius 1 is 1.06 bits per heavy atom. The van der Waals surface area contributed by atoms with Gasteiger partial charge in [0.1, 0.15) is 0 Å². The average molecular weight is 240 g/mol. The van der Waals surface area contributed by atoms with Crippen LogP contribution in [0.25, 0.3) is 0 Å². The monoisotopic (exact) mass is 240 g/mol. The summed E-state index contributed by atoms with van der Waals surface area (Å²) in [6.45, 7) is 9.06. The lowest BCUT2D eigenvalue weighted by atomic mass is 9.46. The highest BCUT2D eigenvalue weighted by molar-refractivity contribution is 5.07. The van der Waals surface area contributed by atoms with Crippen LogP contribution in [0.4, 0.5) is 0 Å². The molecular weight excluding hydrogens is 212 g/mol. The van der Waals surface area contributed by atoms with Crippen molar-refractivity contribution in [3.8, 4) is 0 Å². The van der Waals surface area contributed by atoms with Gasteiger partial charge in [0.05, 0.1) is 5.60 Å². The zero-order chi connectivity index (χ0) is 12.9. The second-order valence-corrected chi connectivity index (χ2v) is 7.53. The predicted octanol–water partition coefficient (Wildman–Crippen LogP) is 2.97. The summed E-state index contributed by atoms with van der Waals surface area (Å²) in [5, 5.41) is 20.3. The van der Waals surface area contributed by atoms with Crippen LogP contribution in [0.5, 0.6) is 0 Å². The third kappa shape index (κ3) is 1.94. The van der Waals surface area contributed by atoms with Crippen molar-refractivity contribution in [1.82, 2.24) is 0 Å². The quantitative estimate of drug-likeness (QED) is 0.740. The van der Waals surface area contributed by atoms with Gasteiger partial charge >= 0.3 is 0 Å². The molecule has 2 nitrogen and oxygen atoms in total. The normalized spacial score (nSPS) is 49.8. The van der Waals surface area contributed by atoms with Crippen molar-refractivity contribution in [3.05, 3.63) is 0 Å². The summed E-state index contributed by atoms with van der Waals surface area (Å²) in [6.07, 6.45) is 5.61. The van der Waals surface area contributed by atoms with E-state index < -0.39 is 5.60 Å². The molecule has 0 amide bonds. The first-order chi connectivity index (χ1) is 7.74. The van der Waals surface area contributed by atoms with E-state index in [4.69, 9.17) is 0 Å². The van der Waals surface area contributed by atoms with Crippen LogP contribution in [0.2, 0.25) is 0 Å². The Hall–Kier alpha value is -0.0800. The topological polar surface area (TPSA) is 40.5 Å². The predicted molar refractivity (Wildman–Crippen MR) is 69.7 cm³/mol. The van der Waals surface area contributed by atoms with Gasteiger partial charge in [0, 0.05) is 12.5 Å². The standard InChI is InChI=1S/C15H28O2/c1-13(2)7-5-8-14(3)11(13)6-9-15(4,17)12(14)10-16/h11-12,16-17H,5-10H2,1-4H3/t11-,12-,14-,15+/m1/s1. The molecule has 4 atom stereocenters. The lowest BCUT2D eigenvalue weighted by molar-refractivity contribution is -0.178. The Balaban J connectivity index is 2.37. The fourth-order valence-electron chi connectivity index (χ4n) is 5.03. The number of rotatable bonds is 1. The van der Waals surface area contributed by atoms with Crippen LogP contribution in [-0.2, 0) is 0 Å². The third-order valence-electron chi connectivity index (χ3n) is 5.94. The minimum atomic E-state index is -0.687. The fraction of sp³-hybridized carbons (Fsp3) is 1.00. The van der Waals surface area contributed by atoms with E-state index in [1.54, 1.807) is 0 Å². The lowest BCUT2D eigenvalue weighted by Gasteiger charge is -2.60. The molecule has 0 aromatic heterocycles. The van der Waals surface area contributed by atoms with Crippen LogP contribution in [0.3, 0.4) is 0 Å². The van der Waals surface area contributed by atoms with Gasteiger partial charge in [-0.3, -0.25) is 0 Å². The van der Waals surface area contributed by atoms with Gasteiger partial charge in [-0.25, -0.2) is 0 Å². The van der Waals surface area contributed by atoms with Gasteiger partial charge in [-0.1, -0.05) is 27.2 Å². The molecular formula is C15H28O2. The van der Waals surface area contributed by atoms with E-state index in [2.05, 4.69) is 20.8 Å². The van der Waals surface area contributed by atoms with Crippen molar-refractivity contribution < 1.29 is 10.2 Å². The van der Waals surface area contributed by atoms with Crippen LogP contribution in [0, 0.1) is 22.7 Å². The van der Waals surface area contributed by atoms with E-state index in [0.29, 0.717) is 11.3 Å². The maximum atomic E-state index is 10.5. The summed E-state index contributed by atoms with van der Waals surface area (Å²) >= 11 is 0. The Kier molecular flexibility index (Phi) is 3.11. The highest BCUT2D eigenvalue weighted by atomic mass is 16.3. The summed E-state index contributed by atoms with van der Waals surface area (Å²) in [7, 11) is 0. The molecule has 2 fully saturated rings. The molecule has 0 unspecified atom stereocenters. The maximum absolute atomic E-state index is 10.5. The second-order valence-electron chi connectivity index (χ2n) is 7.53. The smallest absolute Gasteiger partial charge is 0.0675 e. The van der Waals surface area contributed by atoms with Crippen molar-refractivity contribution >= 4 is 0 Å². The molecule has 2 saturated carbocycles. The van der Waals surface area contributed by atoms with Gasteiger partial charge in [-0.05, 0) is 49.4 Å². The van der Waals surface area contributed by atoms with Gasteiger partial charge in [0.25, 0.3) is 0 Å². The molecule has 2 aliphatic carbocycles. The molecule has 17 heavy (non-hydrogen) atoms. The molecule has 0 radical (unpaired) electrons. The number of aliphatic hydroxyl groups excluding tert-OH is 1. The molecule has 2 heteroatoms. The van der Waals surface area contributed by atoms with Gasteiger partial charge in [-0.2, -0.15) is 0 Å². The summed E-state index contributed by atoms with van der Waals surface area (Å²) in [5.41, 5.74) is -0.220. The number of aliphatic hydroxyl groups is 2. The van der Waals surface area contributed by atoms with E-state index in [1.807, 2.05) is 6.92 Å². The molecule has 2 rings (SSSR count). The van der Waals surface area contributed by atoms with Crippen LogP contribution in [-0.4, -0.2) is 22.4 Å². The highest BCUT2D eigenvalue weighted by Crippen LogP contribution is 2.61. The van der Waals surface area contributed by atoms with Crippen molar-refractivity contribution in [2.45, 2.75) is 65.4 Å². The minimum Gasteiger partial charge on any atom is -0.396 e. The molecule has 0 saturated heterocycles. The Labute approximate surface area is 105 Å². The van der Waals surface area contributed by atoms with Gasteiger partial charge in [-0.15, -0.1) is 0 Å². The molecule has 0 aliphatic heterocycles. The molecule has 0 spiro atoms. The van der Waals surface area contributed by atoms with Gasteiger partial charge in [0.2, 0.25) is 0 Å². The Bertz CT molecular complexity index is 283. The van der Waals surface area contributed by atoms with Crippen molar-refractivity contribution in [2.24, 2.45) is 22.7 Å². The van der Waals surface area contributed by atoms with E-state index in [0.717, 1.165) is 19.3 Å². The molecule has 0 aromatic carbocycles. The Morgan fingerprint density at radius 2 is 1.71 bits per heavy atom. The van der Waals surface area contributed by atoms with Gasteiger partial charge < -0.3 is 10.2 Å². The average Bonchev–Trinajstić information content (AvgIpc) is 2.14. The number of fused-ring (bicyclic) bond motifs is 1. The fourth-order valence-corrected chi connectivity index (χ4v) is 5.03. The zero-order valence-corrected chi connectivity index (χ0v) is 11.8.